The van der Waals surface area contributed by atoms with E-state index in [-0.39, 0.29) is 6.61 Å². The predicted octanol–water partition coefficient (Wildman–Crippen LogP) is -1.12. The van der Waals surface area contributed by atoms with E-state index in [0.717, 1.165) is 12.6 Å². The quantitative estimate of drug-likeness (QED) is 0.245. The van der Waals surface area contributed by atoms with Gasteiger partial charge in [0, 0.05) is 12.5 Å². The second kappa shape index (κ2) is 8.84. The molecule has 20 heavy (non-hydrogen) atoms. The zero-order valence-corrected chi connectivity index (χ0v) is 13.3. The van der Waals surface area contributed by atoms with E-state index in [4.69, 9.17) is 4.74 Å². The van der Waals surface area contributed by atoms with E-state index in [9.17, 15) is 19.6 Å². The number of hydrogen-bond donors (Lipinski definition) is 0. The lowest BCUT2D eigenvalue weighted by molar-refractivity contribution is -0.867. The number of carbonyl (C=O) groups excluding carboxylic acids is 2. The minimum Gasteiger partial charge on any atom is -0.630 e. The summed E-state index contributed by atoms with van der Waals surface area (Å²) in [6.07, 6.45) is 2.48. The topological polar surface area (TPSA) is 89.5 Å². The number of quaternary nitrogens is 1. The van der Waals surface area contributed by atoms with Crippen molar-refractivity contribution in [2.45, 2.75) is 13.3 Å². The fraction of sp³-hybridized carbons (Fsp3) is 0.615. The van der Waals surface area contributed by atoms with E-state index in [1.807, 2.05) is 28.1 Å². The van der Waals surface area contributed by atoms with Crippen molar-refractivity contribution in [2.24, 2.45) is 0 Å². The molecular formula is C13H22NO5P. The van der Waals surface area contributed by atoms with Crippen LogP contribution in [0.3, 0.4) is 0 Å². The molecule has 0 saturated carbocycles. The number of carboxylic acid groups (broad SMARTS) is 1. The Morgan fingerprint density at radius 2 is 1.85 bits per heavy atom. The Balaban J connectivity index is 4.46. The van der Waals surface area contributed by atoms with E-state index >= 15 is 0 Å². The summed E-state index contributed by atoms with van der Waals surface area (Å²) >= 11 is 0. The molecule has 0 radical (unpaired) electrons. The van der Waals surface area contributed by atoms with Gasteiger partial charge in [0.2, 0.25) is 0 Å². The molecule has 0 heterocycles. The highest BCUT2D eigenvalue weighted by atomic mass is 31.1. The van der Waals surface area contributed by atoms with Crippen molar-refractivity contribution in [2.75, 3.05) is 40.5 Å². The Hall–Kier alpha value is -1.23. The van der Waals surface area contributed by atoms with Gasteiger partial charge in [-0.15, -0.1) is 0 Å². The second-order valence-corrected chi connectivity index (χ2v) is 7.13. The van der Waals surface area contributed by atoms with Crippen LogP contribution < -0.4 is 10.00 Å². The average Bonchev–Trinajstić information content (AvgIpc) is 2.33. The van der Waals surface area contributed by atoms with Crippen molar-refractivity contribution in [3.05, 3.63) is 12.2 Å². The fourth-order valence-electron chi connectivity index (χ4n) is 1.24. The highest BCUT2D eigenvalue weighted by molar-refractivity contribution is 7.51. The lowest BCUT2D eigenvalue weighted by Crippen LogP contribution is -2.37. The van der Waals surface area contributed by atoms with Gasteiger partial charge in [-0.3, -0.25) is 0 Å². The van der Waals surface area contributed by atoms with Crippen LogP contribution in [0.25, 0.3) is 0 Å². The Morgan fingerprint density at radius 3 is 2.30 bits per heavy atom. The number of hydrogen-bond acceptors (Lipinski definition) is 5. The van der Waals surface area contributed by atoms with Crippen molar-refractivity contribution < 1.29 is 28.8 Å². The van der Waals surface area contributed by atoms with Crippen molar-refractivity contribution in [3.63, 3.8) is 0 Å². The van der Waals surface area contributed by atoms with Crippen molar-refractivity contribution in [3.8, 4) is 0 Å². The van der Waals surface area contributed by atoms with Crippen molar-refractivity contribution in [1.29, 1.82) is 0 Å². The minimum atomic E-state index is -1.54. The van der Waals surface area contributed by atoms with Gasteiger partial charge in [-0.1, -0.05) is 6.92 Å². The summed E-state index contributed by atoms with van der Waals surface area (Å²) in [5.41, 5.74) is 0. The molecule has 0 rings (SSSR count). The van der Waals surface area contributed by atoms with E-state index in [2.05, 4.69) is 0 Å². The number of esters is 1. The summed E-state index contributed by atoms with van der Waals surface area (Å²) in [5.74, 6) is -2.24. The van der Waals surface area contributed by atoms with Crippen LogP contribution in [-0.2, 0) is 14.3 Å². The van der Waals surface area contributed by atoms with Gasteiger partial charge >= 0.3 is 5.97 Å². The van der Waals surface area contributed by atoms with Gasteiger partial charge in [0.25, 0.3) is 0 Å². The molecule has 0 aromatic rings. The molecule has 0 aromatic heterocycles. The maximum Gasteiger partial charge on any atom is 0.331 e. The monoisotopic (exact) mass is 303 g/mol. The number of carboxylic acids is 1. The molecule has 0 saturated heterocycles. The van der Waals surface area contributed by atoms with Crippen LogP contribution in [-0.4, -0.2) is 62.2 Å². The van der Waals surface area contributed by atoms with Gasteiger partial charge in [0.05, 0.1) is 34.9 Å². The summed E-state index contributed by atoms with van der Waals surface area (Å²) in [6.45, 7) is 2.57. The van der Waals surface area contributed by atoms with E-state index in [1.165, 1.54) is 0 Å². The Morgan fingerprint density at radius 1 is 1.25 bits per heavy atom. The van der Waals surface area contributed by atoms with Gasteiger partial charge in [0.1, 0.15) is 11.8 Å². The molecule has 0 bridgehead atoms. The smallest absolute Gasteiger partial charge is 0.331 e. The van der Waals surface area contributed by atoms with Crippen LogP contribution in [0.1, 0.15) is 13.3 Å². The number of aliphatic carboxylic acids is 1. The van der Waals surface area contributed by atoms with E-state index in [0.29, 0.717) is 28.4 Å². The standard InChI is InChI=1S/C13H22NO5P/c1-5-11(20(18)9-8-14(2,3)4)10-19-13(17)7-6-12(15)16/h6-7H,5,8-10H2,1-4H3/b7-6+. The zero-order valence-electron chi connectivity index (χ0n) is 12.4. The molecule has 0 spiro atoms. The molecule has 1 unspecified atom stereocenters. The van der Waals surface area contributed by atoms with Crippen LogP contribution in [0.5, 0.6) is 0 Å². The first kappa shape index (κ1) is 18.8. The third-order valence-corrected chi connectivity index (χ3v) is 4.23. The number of nitrogens with zero attached hydrogens (tertiary/aromatic N) is 1. The number of carbonyl (C=O) groups is 2. The van der Waals surface area contributed by atoms with Crippen molar-refractivity contribution in [1.82, 2.24) is 0 Å². The van der Waals surface area contributed by atoms with Gasteiger partial charge in [-0.2, -0.15) is 0 Å². The second-order valence-electron chi connectivity index (χ2n) is 5.30. The van der Waals surface area contributed by atoms with Crippen molar-refractivity contribution >= 4 is 25.0 Å². The van der Waals surface area contributed by atoms with Gasteiger partial charge in [-0.25, -0.2) is 4.79 Å². The molecule has 0 amide bonds. The first-order valence-corrected chi connectivity index (χ1v) is 7.76. The summed E-state index contributed by atoms with van der Waals surface area (Å²) in [5, 5.41) is 10.8. The van der Waals surface area contributed by atoms with E-state index in [1.54, 1.807) is 0 Å². The highest BCUT2D eigenvalue weighted by Crippen LogP contribution is 2.17. The van der Waals surface area contributed by atoms with Crippen LogP contribution in [0.4, 0.5) is 0 Å². The Labute approximate surface area is 120 Å². The molecule has 0 aromatic carbocycles. The largest absolute Gasteiger partial charge is 0.630 e. The van der Waals surface area contributed by atoms with Crippen LogP contribution in [0, 0.1) is 0 Å². The SMILES string of the molecule is CC/C(COC(=O)/C=C/C(=O)[O-])=[P+](\[O-])CC[N+](C)(C)C. The minimum absolute atomic E-state index is 0.0426. The summed E-state index contributed by atoms with van der Waals surface area (Å²) in [6, 6.07) is 0. The Kier molecular flexibility index (Phi) is 8.30. The average molecular weight is 303 g/mol. The maximum atomic E-state index is 12.1. The third kappa shape index (κ3) is 9.67. The third-order valence-electron chi connectivity index (χ3n) is 2.47. The molecule has 1 atom stereocenters. The van der Waals surface area contributed by atoms with Gasteiger partial charge in [0.15, 0.2) is 12.8 Å². The van der Waals surface area contributed by atoms with Crippen LogP contribution in [0.2, 0.25) is 0 Å². The molecule has 0 aliphatic carbocycles. The predicted molar refractivity (Wildman–Crippen MR) is 75.1 cm³/mol. The molecule has 6 nitrogen and oxygen atoms in total. The fourth-order valence-corrected chi connectivity index (χ4v) is 2.90. The number of ether oxygens (including phenoxy) is 1. The first-order valence-electron chi connectivity index (χ1n) is 6.31. The lowest BCUT2D eigenvalue weighted by atomic mass is 10.3. The van der Waals surface area contributed by atoms with Crippen LogP contribution >= 0.6 is 7.77 Å². The molecule has 0 N–H and O–H groups in total. The summed E-state index contributed by atoms with van der Waals surface area (Å²) in [4.78, 5) is 33.4. The molecule has 0 aliphatic rings. The molecular weight excluding hydrogens is 281 g/mol. The first-order chi connectivity index (χ1) is 9.15. The maximum absolute atomic E-state index is 12.1. The highest BCUT2D eigenvalue weighted by Gasteiger charge is 2.15. The summed E-state index contributed by atoms with van der Waals surface area (Å²) < 4.78 is 5.57. The zero-order chi connectivity index (χ0) is 15.8. The van der Waals surface area contributed by atoms with E-state index < -0.39 is 19.7 Å². The Bertz CT molecular complexity index is 409. The number of rotatable bonds is 8. The summed E-state index contributed by atoms with van der Waals surface area (Å²) in [7, 11) is 4.50. The normalized spacial score (nSPS) is 13.2. The van der Waals surface area contributed by atoms with Crippen LogP contribution in [0.15, 0.2) is 12.2 Å². The van der Waals surface area contributed by atoms with Gasteiger partial charge < -0.3 is 24.0 Å². The van der Waals surface area contributed by atoms with Gasteiger partial charge in [-0.05, 0) is 6.08 Å². The lowest BCUT2D eigenvalue weighted by Gasteiger charge is -2.22. The molecule has 7 heteroatoms. The molecule has 0 aliphatic heterocycles. The molecule has 0 fully saturated rings. The molecule has 114 valence electrons.